The van der Waals surface area contributed by atoms with Gasteiger partial charge in [0, 0.05) is 39.6 Å². The minimum atomic E-state index is -0.204. The molecule has 0 aromatic rings. The first-order valence-corrected chi connectivity index (χ1v) is 4.70. The molecule has 0 rings (SSSR count). The third kappa shape index (κ3) is 6.43. The summed E-state index contributed by atoms with van der Waals surface area (Å²) in [6.07, 6.45) is 3.65. The average Bonchev–Trinajstić information content (AvgIpc) is 2.03. The smallest absolute Gasteiger partial charge is 0.0895 e. The van der Waals surface area contributed by atoms with Gasteiger partial charge in [0.2, 0.25) is 0 Å². The Bertz CT molecular complexity index is 155. The van der Waals surface area contributed by atoms with E-state index in [1.54, 1.807) is 0 Å². The van der Waals surface area contributed by atoms with E-state index in [4.69, 9.17) is 0 Å². The van der Waals surface area contributed by atoms with E-state index in [1.165, 1.54) is 5.70 Å². The van der Waals surface area contributed by atoms with Gasteiger partial charge >= 0.3 is 0 Å². The lowest BCUT2D eigenvalue weighted by Gasteiger charge is -2.21. The number of alkyl halides is 1. The summed E-state index contributed by atoms with van der Waals surface area (Å²) in [6, 6.07) is 0. The standard InChI is InChI=1S/C10H21FN2/c1-10(9-12(2)3)13(4)8-6-5-7-11/h9H,5-8H2,1-4H3/b10-9+. The number of nitrogens with zero attached hydrogens (tertiary/aromatic N) is 2. The molecule has 13 heavy (non-hydrogen) atoms. The molecule has 0 aliphatic rings. The summed E-state index contributed by atoms with van der Waals surface area (Å²) < 4.78 is 11.8. The summed E-state index contributed by atoms with van der Waals surface area (Å²) in [5.74, 6) is 0. The van der Waals surface area contributed by atoms with Crippen LogP contribution in [0, 0.1) is 0 Å². The van der Waals surface area contributed by atoms with E-state index in [0.717, 1.165) is 13.0 Å². The molecule has 2 nitrogen and oxygen atoms in total. The number of halogens is 1. The Labute approximate surface area is 81.0 Å². The zero-order chi connectivity index (χ0) is 10.3. The van der Waals surface area contributed by atoms with Crippen molar-refractivity contribution in [2.45, 2.75) is 19.8 Å². The summed E-state index contributed by atoms with van der Waals surface area (Å²) in [6.45, 7) is 2.79. The highest BCUT2D eigenvalue weighted by atomic mass is 19.1. The zero-order valence-corrected chi connectivity index (χ0v) is 9.18. The van der Waals surface area contributed by atoms with Crippen LogP contribution in [0.4, 0.5) is 4.39 Å². The topological polar surface area (TPSA) is 6.48 Å². The second kappa shape index (κ2) is 6.75. The summed E-state index contributed by atoms with van der Waals surface area (Å²) in [5, 5.41) is 0. The van der Waals surface area contributed by atoms with Gasteiger partial charge in [-0.15, -0.1) is 0 Å². The number of hydrogen-bond acceptors (Lipinski definition) is 2. The molecule has 0 aliphatic heterocycles. The Hall–Kier alpha value is -0.730. The van der Waals surface area contributed by atoms with Gasteiger partial charge in [0.05, 0.1) is 6.67 Å². The van der Waals surface area contributed by atoms with Crippen molar-refractivity contribution in [3.63, 3.8) is 0 Å². The van der Waals surface area contributed by atoms with Crippen LogP contribution in [0.3, 0.4) is 0 Å². The maximum Gasteiger partial charge on any atom is 0.0895 e. The van der Waals surface area contributed by atoms with Gasteiger partial charge in [-0.1, -0.05) is 0 Å². The maximum atomic E-state index is 11.8. The Morgan fingerprint density at radius 3 is 2.31 bits per heavy atom. The number of allylic oxidation sites excluding steroid dienone is 1. The van der Waals surface area contributed by atoms with Crippen molar-refractivity contribution in [1.29, 1.82) is 0 Å². The predicted octanol–water partition coefficient (Wildman–Crippen LogP) is 2.09. The lowest BCUT2D eigenvalue weighted by atomic mass is 10.3. The molecule has 0 amide bonds. The van der Waals surface area contributed by atoms with Crippen molar-refractivity contribution in [3.05, 3.63) is 11.9 Å². The third-order valence-corrected chi connectivity index (χ3v) is 1.92. The van der Waals surface area contributed by atoms with Crippen LogP contribution < -0.4 is 0 Å². The first kappa shape index (κ1) is 12.3. The molecule has 0 spiro atoms. The van der Waals surface area contributed by atoms with E-state index < -0.39 is 0 Å². The van der Waals surface area contributed by atoms with Crippen molar-refractivity contribution in [2.75, 3.05) is 34.4 Å². The Morgan fingerprint density at radius 2 is 1.85 bits per heavy atom. The van der Waals surface area contributed by atoms with E-state index in [1.807, 2.05) is 26.0 Å². The van der Waals surface area contributed by atoms with Crippen LogP contribution in [0.1, 0.15) is 19.8 Å². The lowest BCUT2D eigenvalue weighted by Crippen LogP contribution is -2.19. The number of rotatable bonds is 6. The normalized spacial score (nSPS) is 11.6. The highest BCUT2D eigenvalue weighted by Gasteiger charge is 1.98. The Morgan fingerprint density at radius 1 is 1.23 bits per heavy atom. The molecule has 0 N–H and O–H groups in total. The third-order valence-electron chi connectivity index (χ3n) is 1.92. The molecule has 0 unspecified atom stereocenters. The molecule has 0 aliphatic carbocycles. The fourth-order valence-corrected chi connectivity index (χ4v) is 1.09. The fourth-order valence-electron chi connectivity index (χ4n) is 1.09. The first-order valence-electron chi connectivity index (χ1n) is 4.70. The average molecular weight is 188 g/mol. The van der Waals surface area contributed by atoms with Crippen molar-refractivity contribution < 1.29 is 4.39 Å². The van der Waals surface area contributed by atoms with Crippen LogP contribution in [0.2, 0.25) is 0 Å². The van der Waals surface area contributed by atoms with Crippen LogP contribution in [-0.2, 0) is 0 Å². The summed E-state index contributed by atoms with van der Waals surface area (Å²) >= 11 is 0. The molecular weight excluding hydrogens is 167 g/mol. The minimum Gasteiger partial charge on any atom is -0.382 e. The summed E-state index contributed by atoms with van der Waals surface area (Å²) in [5.41, 5.74) is 1.21. The fraction of sp³-hybridized carbons (Fsp3) is 0.800. The van der Waals surface area contributed by atoms with E-state index in [0.29, 0.717) is 6.42 Å². The van der Waals surface area contributed by atoms with Crippen LogP contribution in [-0.4, -0.2) is 44.2 Å². The van der Waals surface area contributed by atoms with Gasteiger partial charge in [-0.05, 0) is 19.8 Å². The molecule has 78 valence electrons. The summed E-state index contributed by atoms with van der Waals surface area (Å²) in [4.78, 5) is 4.16. The summed E-state index contributed by atoms with van der Waals surface area (Å²) in [7, 11) is 6.03. The molecule has 3 heteroatoms. The van der Waals surface area contributed by atoms with Crippen LogP contribution >= 0.6 is 0 Å². The first-order chi connectivity index (χ1) is 6.07. The Balaban J connectivity index is 3.75. The van der Waals surface area contributed by atoms with E-state index >= 15 is 0 Å². The molecule has 0 radical (unpaired) electrons. The number of unbranched alkanes of at least 4 members (excludes halogenated alkanes) is 1. The Kier molecular flexibility index (Phi) is 6.37. The SMILES string of the molecule is C/C(=C\N(C)C)N(C)CCCCF. The highest BCUT2D eigenvalue weighted by molar-refractivity contribution is 4.94. The minimum absolute atomic E-state index is 0.204. The van der Waals surface area contributed by atoms with Gasteiger partial charge in [0.1, 0.15) is 0 Å². The van der Waals surface area contributed by atoms with E-state index in [9.17, 15) is 4.39 Å². The van der Waals surface area contributed by atoms with Crippen molar-refractivity contribution in [3.8, 4) is 0 Å². The van der Waals surface area contributed by atoms with Gasteiger partial charge < -0.3 is 9.80 Å². The molecule has 0 saturated heterocycles. The van der Waals surface area contributed by atoms with Crippen molar-refractivity contribution in [1.82, 2.24) is 9.80 Å². The maximum absolute atomic E-state index is 11.8. The number of hydrogen-bond donors (Lipinski definition) is 0. The molecule has 0 aromatic carbocycles. The van der Waals surface area contributed by atoms with Gasteiger partial charge in [-0.25, -0.2) is 0 Å². The largest absolute Gasteiger partial charge is 0.382 e. The highest BCUT2D eigenvalue weighted by Crippen LogP contribution is 2.03. The molecule has 0 aromatic heterocycles. The van der Waals surface area contributed by atoms with Gasteiger partial charge in [-0.3, -0.25) is 4.39 Å². The van der Waals surface area contributed by atoms with Crippen molar-refractivity contribution in [2.24, 2.45) is 0 Å². The monoisotopic (exact) mass is 188 g/mol. The quantitative estimate of drug-likeness (QED) is 0.589. The molecule has 0 saturated carbocycles. The van der Waals surface area contributed by atoms with Gasteiger partial charge in [0.25, 0.3) is 0 Å². The molecule has 0 atom stereocenters. The lowest BCUT2D eigenvalue weighted by molar-refractivity contribution is 0.370. The predicted molar refractivity (Wildman–Crippen MR) is 55.3 cm³/mol. The molecular formula is C10H21FN2. The van der Waals surface area contributed by atoms with Crippen LogP contribution in [0.5, 0.6) is 0 Å². The van der Waals surface area contributed by atoms with Crippen molar-refractivity contribution >= 4 is 0 Å². The van der Waals surface area contributed by atoms with Gasteiger partial charge in [0.15, 0.2) is 0 Å². The second-order valence-corrected chi connectivity index (χ2v) is 3.55. The van der Waals surface area contributed by atoms with E-state index in [2.05, 4.69) is 18.0 Å². The molecule has 0 heterocycles. The second-order valence-electron chi connectivity index (χ2n) is 3.55. The van der Waals surface area contributed by atoms with Gasteiger partial charge in [-0.2, -0.15) is 0 Å². The molecule has 0 fully saturated rings. The van der Waals surface area contributed by atoms with Crippen LogP contribution in [0.15, 0.2) is 11.9 Å². The van der Waals surface area contributed by atoms with Crippen LogP contribution in [0.25, 0.3) is 0 Å². The van der Waals surface area contributed by atoms with E-state index in [-0.39, 0.29) is 6.67 Å². The molecule has 0 bridgehead atoms. The zero-order valence-electron chi connectivity index (χ0n) is 9.18.